The molecule has 20 heavy (non-hydrogen) atoms. The Balaban J connectivity index is 1.93. The van der Waals surface area contributed by atoms with E-state index >= 15 is 0 Å². The van der Waals surface area contributed by atoms with Gasteiger partial charge in [0.15, 0.2) is 0 Å². The molecule has 0 unspecified atom stereocenters. The summed E-state index contributed by atoms with van der Waals surface area (Å²) in [5.74, 6) is -1.03. The number of carbonyl (C=O) groups is 1. The first-order valence-corrected chi connectivity index (χ1v) is 8.25. The van der Waals surface area contributed by atoms with E-state index in [2.05, 4.69) is 0 Å². The van der Waals surface area contributed by atoms with Crippen molar-refractivity contribution in [2.45, 2.75) is 25.7 Å². The molecule has 1 aliphatic carbocycles. The average molecular weight is 299 g/mol. The fourth-order valence-electron chi connectivity index (χ4n) is 2.28. The number of aryl methyl sites for hydroxylation is 1. The smallest absolute Gasteiger partial charge is 0.237 e. The molecule has 0 bridgehead atoms. The SMILES string of the molecule is Cc1cccc([C@H]2C[C@H]2C(=O)NS(=O)(=O)CCCF)c1. The summed E-state index contributed by atoms with van der Waals surface area (Å²) in [6.45, 7) is 1.27. The highest BCUT2D eigenvalue weighted by Gasteiger charge is 2.44. The second-order valence-corrected chi connectivity index (χ2v) is 7.03. The van der Waals surface area contributed by atoms with Crippen LogP contribution >= 0.6 is 0 Å². The van der Waals surface area contributed by atoms with Gasteiger partial charge >= 0.3 is 0 Å². The Hall–Kier alpha value is -1.43. The molecule has 1 amide bonds. The first-order chi connectivity index (χ1) is 9.43. The topological polar surface area (TPSA) is 63.2 Å². The first kappa shape index (κ1) is 15.0. The molecule has 1 aliphatic rings. The van der Waals surface area contributed by atoms with Crippen LogP contribution in [0.25, 0.3) is 0 Å². The average Bonchev–Trinajstić information content (AvgIpc) is 3.16. The van der Waals surface area contributed by atoms with Crippen LogP contribution in [0, 0.1) is 12.8 Å². The zero-order valence-corrected chi connectivity index (χ0v) is 12.1. The van der Waals surface area contributed by atoms with Gasteiger partial charge in [-0.3, -0.25) is 13.9 Å². The summed E-state index contributed by atoms with van der Waals surface area (Å²) in [6.07, 6.45) is 0.572. The Morgan fingerprint density at radius 1 is 1.45 bits per heavy atom. The quantitative estimate of drug-likeness (QED) is 0.872. The first-order valence-electron chi connectivity index (χ1n) is 6.60. The van der Waals surface area contributed by atoms with Crippen molar-refractivity contribution >= 4 is 15.9 Å². The Kier molecular flexibility index (Phi) is 4.42. The lowest BCUT2D eigenvalue weighted by atomic mass is 10.1. The predicted molar refractivity (Wildman–Crippen MR) is 74.5 cm³/mol. The Morgan fingerprint density at radius 3 is 2.85 bits per heavy atom. The maximum atomic E-state index is 12.0. The minimum absolute atomic E-state index is 0.0887. The molecular weight excluding hydrogens is 281 g/mol. The van der Waals surface area contributed by atoms with E-state index in [9.17, 15) is 17.6 Å². The normalized spacial score (nSPS) is 21.5. The van der Waals surface area contributed by atoms with Crippen LogP contribution in [0.15, 0.2) is 24.3 Å². The maximum absolute atomic E-state index is 12.0. The van der Waals surface area contributed by atoms with Gasteiger partial charge in [-0.1, -0.05) is 29.8 Å². The lowest BCUT2D eigenvalue weighted by Gasteiger charge is -2.06. The predicted octanol–water partition coefficient (Wildman–Crippen LogP) is 1.90. The summed E-state index contributed by atoms with van der Waals surface area (Å²) >= 11 is 0. The summed E-state index contributed by atoms with van der Waals surface area (Å²) in [5, 5.41) is 0. The summed E-state index contributed by atoms with van der Waals surface area (Å²) in [5.41, 5.74) is 2.18. The monoisotopic (exact) mass is 299 g/mol. The van der Waals surface area contributed by atoms with Gasteiger partial charge in [-0.2, -0.15) is 0 Å². The van der Waals surface area contributed by atoms with E-state index in [0.717, 1.165) is 11.1 Å². The second-order valence-electron chi connectivity index (χ2n) is 5.19. The standard InChI is InChI=1S/C14H18FNO3S/c1-10-4-2-5-11(8-10)12-9-13(12)14(17)16-20(18,19)7-3-6-15/h2,4-5,8,12-13H,3,6-7,9H2,1H3,(H,16,17)/t12-,13-/m1/s1. The van der Waals surface area contributed by atoms with E-state index in [-0.39, 0.29) is 24.0 Å². The third kappa shape index (κ3) is 3.79. The lowest BCUT2D eigenvalue weighted by molar-refractivity contribution is -0.120. The molecule has 0 spiro atoms. The summed E-state index contributed by atoms with van der Waals surface area (Å²) in [7, 11) is -3.70. The van der Waals surface area contributed by atoms with Gasteiger partial charge < -0.3 is 0 Å². The molecule has 0 heterocycles. The largest absolute Gasteiger partial charge is 0.274 e. The van der Waals surface area contributed by atoms with Crippen molar-refractivity contribution in [3.63, 3.8) is 0 Å². The van der Waals surface area contributed by atoms with Gasteiger partial charge in [0.25, 0.3) is 0 Å². The molecular formula is C14H18FNO3S. The van der Waals surface area contributed by atoms with Crippen LogP contribution in [0.3, 0.4) is 0 Å². The third-order valence-corrected chi connectivity index (χ3v) is 4.74. The van der Waals surface area contributed by atoms with E-state index in [1.54, 1.807) is 0 Å². The summed E-state index contributed by atoms with van der Waals surface area (Å²) < 4.78 is 37.1. The van der Waals surface area contributed by atoms with E-state index in [0.29, 0.717) is 6.42 Å². The van der Waals surface area contributed by atoms with Crippen LogP contribution in [0.1, 0.15) is 29.9 Å². The van der Waals surface area contributed by atoms with Crippen LogP contribution in [0.4, 0.5) is 4.39 Å². The molecule has 2 rings (SSSR count). The number of nitrogens with one attached hydrogen (secondary N) is 1. The van der Waals surface area contributed by atoms with Crippen LogP contribution in [-0.2, 0) is 14.8 Å². The highest BCUT2D eigenvalue weighted by Crippen LogP contribution is 2.47. The number of halogens is 1. The molecule has 110 valence electrons. The Labute approximate surface area is 118 Å². The van der Waals surface area contributed by atoms with Gasteiger partial charge in [0, 0.05) is 5.92 Å². The molecule has 1 N–H and O–H groups in total. The van der Waals surface area contributed by atoms with Crippen LogP contribution < -0.4 is 4.72 Å². The van der Waals surface area contributed by atoms with E-state index in [1.165, 1.54) is 0 Å². The Morgan fingerprint density at radius 2 is 2.20 bits per heavy atom. The van der Waals surface area contributed by atoms with Crippen molar-refractivity contribution in [1.82, 2.24) is 4.72 Å². The molecule has 1 saturated carbocycles. The van der Waals surface area contributed by atoms with Gasteiger partial charge in [-0.25, -0.2) is 8.42 Å². The molecule has 4 nitrogen and oxygen atoms in total. The number of hydrogen-bond acceptors (Lipinski definition) is 3. The number of carbonyl (C=O) groups excluding carboxylic acids is 1. The zero-order chi connectivity index (χ0) is 14.8. The van der Waals surface area contributed by atoms with Crippen molar-refractivity contribution in [1.29, 1.82) is 0 Å². The van der Waals surface area contributed by atoms with Gasteiger partial charge in [-0.15, -0.1) is 0 Å². The van der Waals surface area contributed by atoms with E-state index < -0.39 is 22.6 Å². The molecule has 2 atom stereocenters. The van der Waals surface area contributed by atoms with Gasteiger partial charge in [-0.05, 0) is 31.2 Å². The molecule has 1 fully saturated rings. The van der Waals surface area contributed by atoms with Crippen molar-refractivity contribution in [3.8, 4) is 0 Å². The fourth-order valence-corrected chi connectivity index (χ4v) is 3.33. The Bertz CT molecular complexity index is 600. The highest BCUT2D eigenvalue weighted by atomic mass is 32.2. The molecule has 6 heteroatoms. The minimum Gasteiger partial charge on any atom is -0.274 e. The fraction of sp³-hybridized carbons (Fsp3) is 0.500. The van der Waals surface area contributed by atoms with Crippen molar-refractivity contribution in [2.24, 2.45) is 5.92 Å². The third-order valence-electron chi connectivity index (χ3n) is 3.40. The van der Waals surface area contributed by atoms with Crippen molar-refractivity contribution in [2.75, 3.05) is 12.4 Å². The number of hydrogen-bond donors (Lipinski definition) is 1. The maximum Gasteiger partial charge on any atom is 0.237 e. The number of sulfonamides is 1. The molecule has 1 aromatic carbocycles. The molecule has 0 saturated heterocycles. The van der Waals surface area contributed by atoms with Crippen molar-refractivity contribution in [3.05, 3.63) is 35.4 Å². The van der Waals surface area contributed by atoms with E-state index in [4.69, 9.17) is 0 Å². The number of rotatable bonds is 6. The molecule has 1 aromatic rings. The lowest BCUT2D eigenvalue weighted by Crippen LogP contribution is -2.34. The number of amides is 1. The van der Waals surface area contributed by atoms with Crippen LogP contribution in [-0.4, -0.2) is 26.8 Å². The highest BCUT2D eigenvalue weighted by molar-refractivity contribution is 7.90. The second kappa shape index (κ2) is 5.91. The van der Waals surface area contributed by atoms with Gasteiger partial charge in [0.1, 0.15) is 0 Å². The van der Waals surface area contributed by atoms with Crippen LogP contribution in [0.2, 0.25) is 0 Å². The summed E-state index contributed by atoms with van der Waals surface area (Å²) in [6, 6.07) is 7.86. The van der Waals surface area contributed by atoms with Gasteiger partial charge in [0.05, 0.1) is 12.4 Å². The van der Waals surface area contributed by atoms with Gasteiger partial charge in [0.2, 0.25) is 15.9 Å². The molecule has 0 aliphatic heterocycles. The zero-order valence-electron chi connectivity index (χ0n) is 11.3. The number of alkyl halides is 1. The van der Waals surface area contributed by atoms with E-state index in [1.807, 2.05) is 35.9 Å². The number of benzene rings is 1. The minimum atomic E-state index is -3.70. The summed E-state index contributed by atoms with van der Waals surface area (Å²) in [4.78, 5) is 11.9. The molecule has 0 aromatic heterocycles. The van der Waals surface area contributed by atoms with Crippen LogP contribution in [0.5, 0.6) is 0 Å². The van der Waals surface area contributed by atoms with Crippen molar-refractivity contribution < 1.29 is 17.6 Å². The molecule has 0 radical (unpaired) electrons.